The molecule has 1 aliphatic carbocycles. The van der Waals surface area contributed by atoms with Crippen molar-refractivity contribution in [1.82, 2.24) is 0 Å². The molecule has 0 saturated heterocycles. The summed E-state index contributed by atoms with van der Waals surface area (Å²) >= 11 is 13.3. The first-order valence-electron chi connectivity index (χ1n) is 18.8. The van der Waals surface area contributed by atoms with Crippen LogP contribution in [0.25, 0.3) is 11.1 Å². The van der Waals surface area contributed by atoms with E-state index in [0.29, 0.717) is 5.41 Å². The summed E-state index contributed by atoms with van der Waals surface area (Å²) in [6, 6.07) is 33.6. The van der Waals surface area contributed by atoms with Gasteiger partial charge in [0.25, 0.3) is 0 Å². The molecule has 1 aliphatic rings. The molecule has 54 heavy (non-hydrogen) atoms. The van der Waals surface area contributed by atoms with Gasteiger partial charge >= 0.3 is 120 Å². The molecule has 5 heteroatoms. The summed E-state index contributed by atoms with van der Waals surface area (Å²) < 4.78 is 1.26. The Morgan fingerprint density at radius 1 is 0.722 bits per heavy atom. The van der Waals surface area contributed by atoms with Gasteiger partial charge in [-0.1, -0.05) is 124 Å². The summed E-state index contributed by atoms with van der Waals surface area (Å²) in [4.78, 5) is 0. The molecule has 0 radical (unpaired) electrons. The van der Waals surface area contributed by atoms with Crippen molar-refractivity contribution in [1.29, 1.82) is 0 Å². The average Bonchev–Trinajstić information content (AvgIpc) is 3.66. The maximum atomic E-state index is 5.98. The van der Waals surface area contributed by atoms with Gasteiger partial charge in [0.1, 0.15) is 0 Å². The van der Waals surface area contributed by atoms with E-state index in [1.165, 1.54) is 102 Å². The normalized spacial score (nSPS) is 11.9. The van der Waals surface area contributed by atoms with Crippen LogP contribution in [0.4, 0.5) is 0 Å². The predicted molar refractivity (Wildman–Crippen MR) is 226 cm³/mol. The second-order valence-electron chi connectivity index (χ2n) is 17.5. The number of rotatable bonds is 5. The van der Waals surface area contributed by atoms with Crippen LogP contribution in [-0.4, -0.2) is 3.21 Å². The van der Waals surface area contributed by atoms with E-state index >= 15 is 0 Å². The predicted octanol–water partition coefficient (Wildman–Crippen LogP) is 8.43. The largest absolute Gasteiger partial charge is 1.00 e. The van der Waals surface area contributed by atoms with Gasteiger partial charge in [-0.05, 0) is 35.4 Å². The standard InChI is InChI=1S/C23H29.C13H8Cl2.C13H21.2ClH.Zr/c1-14-9-16-11-17-10-15(2)21(23(6,7)8)13-19(17)18(16)12-20(14)22(3,4)5;14-12-5-1-3-10(8-12)7-11-4-2-6-13(15)9-11;1-5-6-7-11-8-9-12(10-11)13(2,3)4;;;/h9,12-13H,11H2,1-8H3;1-6,8-9H;8-10H,5-7H2,1-4H3;2*1H;/q-1;;-1;;;+2/p-2. The van der Waals surface area contributed by atoms with Crippen LogP contribution in [0.2, 0.25) is 10.0 Å². The van der Waals surface area contributed by atoms with Crippen LogP contribution in [-0.2, 0) is 53.3 Å². The SMILES string of the molecule is CCCCc1cc(C(C)(C)C)c[cH-]1.Cc1[c-]c2c(cc1C(C)(C)C)-c1cc(C(C)(C)C)c(C)cc1C2.Clc1cccc([C](=[Zr+2])c2cccc(Cl)c2)c1.[Cl-].[Cl-]. The van der Waals surface area contributed by atoms with E-state index in [9.17, 15) is 0 Å². The summed E-state index contributed by atoms with van der Waals surface area (Å²) in [6.07, 6.45) is 4.87. The summed E-state index contributed by atoms with van der Waals surface area (Å²) in [5, 5.41) is 1.53. The van der Waals surface area contributed by atoms with E-state index in [1.54, 1.807) is 0 Å². The molecule has 0 nitrogen and oxygen atoms in total. The van der Waals surface area contributed by atoms with Crippen molar-refractivity contribution < 1.29 is 49.0 Å². The summed E-state index contributed by atoms with van der Waals surface area (Å²) in [6.45, 7) is 27.3. The van der Waals surface area contributed by atoms with Crippen LogP contribution >= 0.6 is 23.2 Å². The van der Waals surface area contributed by atoms with E-state index in [0.717, 1.165) is 27.6 Å². The molecule has 0 spiro atoms. The molecule has 6 rings (SSSR count). The van der Waals surface area contributed by atoms with Gasteiger partial charge in [-0.2, -0.15) is 41.0 Å². The van der Waals surface area contributed by atoms with Gasteiger partial charge < -0.3 is 24.8 Å². The van der Waals surface area contributed by atoms with Gasteiger partial charge in [0.2, 0.25) is 0 Å². The van der Waals surface area contributed by atoms with Crippen LogP contribution in [0.15, 0.2) is 84.9 Å². The third-order valence-electron chi connectivity index (χ3n) is 9.81. The maximum Gasteiger partial charge on any atom is -1.00 e. The van der Waals surface area contributed by atoms with E-state index < -0.39 is 0 Å². The first kappa shape index (κ1) is 48.3. The number of benzene rings is 4. The number of unbranched alkanes of at least 4 members (excludes halogenated alkanes) is 1. The molecule has 288 valence electrons. The fourth-order valence-corrected chi connectivity index (χ4v) is 8.12. The second kappa shape index (κ2) is 20.0. The summed E-state index contributed by atoms with van der Waals surface area (Å²) in [5.74, 6) is 0. The maximum absolute atomic E-state index is 5.98. The molecule has 0 heterocycles. The Balaban J connectivity index is 0.000000288. The van der Waals surface area contributed by atoms with Crippen LogP contribution in [0.1, 0.15) is 138 Å². The molecular weight excluding hydrogens is 822 g/mol. The average molecular weight is 880 g/mol. The Hall–Kier alpha value is -1.86. The minimum absolute atomic E-state index is 0. The minimum Gasteiger partial charge on any atom is -1.00 e. The van der Waals surface area contributed by atoms with E-state index in [-0.39, 0.29) is 35.6 Å². The van der Waals surface area contributed by atoms with Crippen molar-refractivity contribution >= 4 is 26.4 Å². The molecule has 5 aromatic rings. The van der Waals surface area contributed by atoms with Gasteiger partial charge in [0.15, 0.2) is 0 Å². The Bertz CT molecular complexity index is 1900. The fourth-order valence-electron chi connectivity index (χ4n) is 6.97. The molecule has 0 unspecified atom stereocenters. The van der Waals surface area contributed by atoms with Crippen LogP contribution in [0.3, 0.4) is 0 Å². The molecule has 0 bridgehead atoms. The first-order chi connectivity index (χ1) is 24.2. The third-order valence-corrected chi connectivity index (χ3v) is 11.7. The van der Waals surface area contributed by atoms with Gasteiger partial charge in [-0.3, -0.25) is 0 Å². The van der Waals surface area contributed by atoms with E-state index in [1.807, 2.05) is 36.4 Å². The molecule has 0 aliphatic heterocycles. The number of aryl methyl sites for hydroxylation is 3. The van der Waals surface area contributed by atoms with Crippen molar-refractivity contribution in [3.8, 4) is 11.1 Å². The number of halogens is 4. The quantitative estimate of drug-likeness (QED) is 0.153. The van der Waals surface area contributed by atoms with Crippen LogP contribution < -0.4 is 24.8 Å². The monoisotopic (exact) mass is 876 g/mol. The molecule has 0 saturated carbocycles. The zero-order valence-corrected chi connectivity index (χ0v) is 39.9. The van der Waals surface area contributed by atoms with Crippen molar-refractivity contribution in [3.05, 3.63) is 157 Å². The van der Waals surface area contributed by atoms with E-state index in [4.69, 9.17) is 23.2 Å². The Labute approximate surface area is 365 Å². The van der Waals surface area contributed by atoms with Crippen molar-refractivity contribution in [2.75, 3.05) is 0 Å². The summed E-state index contributed by atoms with van der Waals surface area (Å²) in [5.41, 5.74) is 17.2. The topological polar surface area (TPSA) is 0 Å². The molecular formula is C49H58Cl4Zr-2. The molecule has 0 N–H and O–H groups in total. The molecule has 0 fully saturated rings. The minimum atomic E-state index is 0. The smallest absolute Gasteiger partial charge is 1.00 e. The molecule has 0 amide bonds. The zero-order chi connectivity index (χ0) is 38.6. The van der Waals surface area contributed by atoms with Gasteiger partial charge in [0.05, 0.1) is 0 Å². The summed E-state index contributed by atoms with van der Waals surface area (Å²) in [7, 11) is 0. The van der Waals surface area contributed by atoms with Crippen molar-refractivity contribution in [3.63, 3.8) is 0 Å². The Kier molecular flexibility index (Phi) is 17.9. The van der Waals surface area contributed by atoms with Gasteiger partial charge in [-0.25, -0.2) is 6.07 Å². The molecule has 0 aromatic heterocycles. The molecule has 5 aromatic carbocycles. The van der Waals surface area contributed by atoms with E-state index in [2.05, 4.69) is 138 Å². The number of hydrogen-bond acceptors (Lipinski definition) is 0. The van der Waals surface area contributed by atoms with Gasteiger partial charge in [0, 0.05) is 0 Å². The number of fused-ring (bicyclic) bond motifs is 3. The van der Waals surface area contributed by atoms with Gasteiger partial charge in [-0.15, -0.1) is 16.7 Å². The Morgan fingerprint density at radius 2 is 1.26 bits per heavy atom. The molecule has 0 atom stereocenters. The van der Waals surface area contributed by atoms with Crippen molar-refractivity contribution in [2.45, 2.75) is 125 Å². The van der Waals surface area contributed by atoms with Crippen molar-refractivity contribution in [2.24, 2.45) is 0 Å². The Morgan fingerprint density at radius 3 is 1.72 bits per heavy atom. The third kappa shape index (κ3) is 12.8. The van der Waals surface area contributed by atoms with Crippen LogP contribution in [0, 0.1) is 19.9 Å². The zero-order valence-electron chi connectivity index (χ0n) is 34.4. The van der Waals surface area contributed by atoms with Crippen LogP contribution in [0.5, 0.6) is 0 Å². The first-order valence-corrected chi connectivity index (χ1v) is 20.7. The second-order valence-corrected chi connectivity index (χ2v) is 19.6. The fraction of sp³-hybridized carbons (Fsp3) is 0.388. The number of hydrogen-bond donors (Lipinski definition) is 0.